The highest BCUT2D eigenvalue weighted by Gasteiger charge is 2.32. The first-order chi connectivity index (χ1) is 15.7. The van der Waals surface area contributed by atoms with Crippen molar-refractivity contribution in [3.8, 4) is 11.5 Å². The molecule has 0 saturated carbocycles. The molecule has 4 aromatic rings. The molecule has 0 unspecified atom stereocenters. The summed E-state index contributed by atoms with van der Waals surface area (Å²) in [6.45, 7) is -0.0613. The Morgan fingerprint density at radius 2 is 1.70 bits per heavy atom. The molecule has 8 nitrogen and oxygen atoms in total. The normalized spacial score (nSPS) is 12.8. The molecule has 0 bridgehead atoms. The average Bonchev–Trinajstić information content (AvgIpc) is 3.44. The maximum absolute atomic E-state index is 13.3. The van der Waals surface area contributed by atoms with Gasteiger partial charge in [-0.05, 0) is 17.7 Å². The average molecular weight is 469 g/mol. The summed E-state index contributed by atoms with van der Waals surface area (Å²) in [7, 11) is 0. The number of hydrogen-bond donors (Lipinski definition) is 1. The van der Waals surface area contributed by atoms with Crippen LogP contribution in [0, 0.1) is 5.82 Å². The van der Waals surface area contributed by atoms with Crippen LogP contribution in [0.1, 0.15) is 29.5 Å². The second-order valence-corrected chi connectivity index (χ2v) is 6.74. The molecule has 1 aromatic carbocycles. The van der Waals surface area contributed by atoms with Crippen LogP contribution in [0.4, 0.5) is 32.3 Å². The number of benzene rings is 1. The number of hydrogen-bond acceptors (Lipinski definition) is 7. The predicted octanol–water partition coefficient (Wildman–Crippen LogP) is 4.67. The van der Waals surface area contributed by atoms with Crippen LogP contribution in [0.5, 0.6) is 0 Å². The van der Waals surface area contributed by atoms with Crippen LogP contribution < -0.4 is 5.32 Å². The molecule has 0 fully saturated rings. The molecule has 4 rings (SSSR count). The number of halogens is 6. The van der Waals surface area contributed by atoms with E-state index in [-0.39, 0.29) is 23.9 Å². The highest BCUT2D eigenvalue weighted by Crippen LogP contribution is 2.29. The molecule has 0 aliphatic carbocycles. The molecule has 1 atom stereocenters. The van der Waals surface area contributed by atoms with Crippen molar-refractivity contribution in [1.82, 2.24) is 29.9 Å². The van der Waals surface area contributed by atoms with Crippen LogP contribution in [-0.2, 0) is 12.7 Å². The van der Waals surface area contributed by atoms with Gasteiger partial charge in [-0.15, -0.1) is 10.2 Å². The Bertz CT molecular complexity index is 1200. The van der Waals surface area contributed by atoms with Crippen LogP contribution in [0.25, 0.3) is 11.5 Å². The predicted molar refractivity (Wildman–Crippen MR) is 100 cm³/mol. The molecule has 3 aromatic heterocycles. The highest BCUT2D eigenvalue weighted by atomic mass is 19.4. The topological polar surface area (TPSA) is 94.6 Å². The zero-order valence-electron chi connectivity index (χ0n) is 16.3. The first kappa shape index (κ1) is 22.2. The van der Waals surface area contributed by atoms with Crippen LogP contribution in [0.2, 0.25) is 0 Å². The first-order valence-corrected chi connectivity index (χ1v) is 9.24. The Kier molecular flexibility index (Phi) is 5.98. The largest absolute Gasteiger partial charge is 0.419 e. The van der Waals surface area contributed by atoms with E-state index < -0.39 is 35.9 Å². The number of nitrogens with zero attached hydrogens (tertiary/aromatic N) is 6. The lowest BCUT2D eigenvalue weighted by molar-refractivity contribution is -0.137. The molecule has 0 radical (unpaired) electrons. The maximum Gasteiger partial charge on any atom is 0.419 e. The van der Waals surface area contributed by atoms with Crippen molar-refractivity contribution in [2.45, 2.75) is 25.2 Å². The Morgan fingerprint density at radius 1 is 1.00 bits per heavy atom. The van der Waals surface area contributed by atoms with Gasteiger partial charge in [-0.2, -0.15) is 27.1 Å². The van der Waals surface area contributed by atoms with Gasteiger partial charge < -0.3 is 9.73 Å². The van der Waals surface area contributed by atoms with Crippen LogP contribution >= 0.6 is 0 Å². The summed E-state index contributed by atoms with van der Waals surface area (Å²) < 4.78 is 83.1. The molecule has 0 saturated heterocycles. The quantitative estimate of drug-likeness (QED) is 0.393. The van der Waals surface area contributed by atoms with Crippen molar-refractivity contribution in [1.29, 1.82) is 0 Å². The van der Waals surface area contributed by atoms with Gasteiger partial charge in [0, 0.05) is 18.6 Å². The fourth-order valence-corrected chi connectivity index (χ4v) is 2.83. The summed E-state index contributed by atoms with van der Waals surface area (Å²) in [5.74, 6) is -1.48. The molecule has 0 amide bonds. The van der Waals surface area contributed by atoms with Crippen molar-refractivity contribution in [3.05, 3.63) is 71.9 Å². The van der Waals surface area contributed by atoms with Crippen LogP contribution in [0.15, 0.2) is 53.5 Å². The molecule has 1 N–H and O–H groups in total. The second kappa shape index (κ2) is 8.88. The molecule has 0 aliphatic heterocycles. The molecule has 14 heteroatoms. The molecular weight excluding hydrogens is 456 g/mol. The Hall–Kier alpha value is -3.97. The first-order valence-electron chi connectivity index (χ1n) is 9.24. The minimum absolute atomic E-state index is 0.0601. The number of anilines is 1. The molecular formula is C19H13F6N7O. The molecule has 33 heavy (non-hydrogen) atoms. The van der Waals surface area contributed by atoms with E-state index in [1.165, 1.54) is 36.7 Å². The summed E-state index contributed by atoms with van der Waals surface area (Å²) >= 11 is 0. The highest BCUT2D eigenvalue weighted by molar-refractivity contribution is 5.50. The van der Waals surface area contributed by atoms with Crippen LogP contribution in [-0.4, -0.2) is 29.9 Å². The maximum atomic E-state index is 13.3. The van der Waals surface area contributed by atoms with E-state index in [0.717, 1.165) is 10.9 Å². The fourth-order valence-electron chi connectivity index (χ4n) is 2.83. The van der Waals surface area contributed by atoms with Gasteiger partial charge in [0.25, 0.3) is 11.8 Å². The number of rotatable bonds is 7. The lowest BCUT2D eigenvalue weighted by Gasteiger charge is -2.19. The van der Waals surface area contributed by atoms with Crippen molar-refractivity contribution < 1.29 is 30.8 Å². The van der Waals surface area contributed by atoms with Gasteiger partial charge in [-0.25, -0.2) is 14.4 Å². The lowest BCUT2D eigenvalue weighted by Crippen LogP contribution is -2.19. The van der Waals surface area contributed by atoms with E-state index in [4.69, 9.17) is 4.42 Å². The fraction of sp³-hybridized carbons (Fsp3) is 0.211. The van der Waals surface area contributed by atoms with E-state index in [0.29, 0.717) is 11.8 Å². The van der Waals surface area contributed by atoms with Gasteiger partial charge in [0.15, 0.2) is 0 Å². The van der Waals surface area contributed by atoms with Gasteiger partial charge >= 0.3 is 12.6 Å². The Morgan fingerprint density at radius 3 is 2.27 bits per heavy atom. The zero-order valence-corrected chi connectivity index (χ0v) is 16.3. The minimum Gasteiger partial charge on any atom is -0.415 e. The van der Waals surface area contributed by atoms with Gasteiger partial charge in [0.1, 0.15) is 5.82 Å². The van der Waals surface area contributed by atoms with E-state index >= 15 is 0 Å². The summed E-state index contributed by atoms with van der Waals surface area (Å²) in [6, 6.07) is 4.63. The summed E-state index contributed by atoms with van der Waals surface area (Å²) in [5, 5.41) is 13.4. The summed E-state index contributed by atoms with van der Waals surface area (Å²) in [6.07, 6.45) is -3.44. The molecule has 0 spiro atoms. The SMILES string of the molecule is Fc1ccc([C@H](Cn2cc(C(F)(F)F)cn2)Nc2ncc(-c3nnc(C(F)F)o3)cn2)cc1. The summed E-state index contributed by atoms with van der Waals surface area (Å²) in [5.41, 5.74) is -0.199. The van der Waals surface area contributed by atoms with Crippen molar-refractivity contribution in [2.75, 3.05) is 5.32 Å². The summed E-state index contributed by atoms with van der Waals surface area (Å²) in [4.78, 5) is 8.11. The monoisotopic (exact) mass is 469 g/mol. The zero-order chi connectivity index (χ0) is 23.6. The van der Waals surface area contributed by atoms with E-state index in [9.17, 15) is 26.3 Å². The Balaban J connectivity index is 1.55. The number of alkyl halides is 5. The van der Waals surface area contributed by atoms with Gasteiger partial charge in [0.05, 0.1) is 29.9 Å². The smallest absolute Gasteiger partial charge is 0.415 e. The third-order valence-electron chi connectivity index (χ3n) is 4.43. The lowest BCUT2D eigenvalue weighted by atomic mass is 10.1. The molecule has 172 valence electrons. The van der Waals surface area contributed by atoms with E-state index in [1.807, 2.05) is 0 Å². The van der Waals surface area contributed by atoms with Crippen molar-refractivity contribution in [2.24, 2.45) is 0 Å². The third kappa shape index (κ3) is 5.27. The number of aromatic nitrogens is 6. The van der Waals surface area contributed by atoms with Crippen LogP contribution in [0.3, 0.4) is 0 Å². The van der Waals surface area contributed by atoms with E-state index in [2.05, 4.69) is 30.6 Å². The van der Waals surface area contributed by atoms with E-state index in [1.54, 1.807) is 0 Å². The number of nitrogens with one attached hydrogen (secondary N) is 1. The third-order valence-corrected chi connectivity index (χ3v) is 4.43. The van der Waals surface area contributed by atoms with Gasteiger partial charge in [-0.3, -0.25) is 4.68 Å². The minimum atomic E-state index is -4.55. The van der Waals surface area contributed by atoms with Gasteiger partial charge in [0.2, 0.25) is 5.95 Å². The second-order valence-electron chi connectivity index (χ2n) is 6.74. The Labute approximate surface area is 181 Å². The molecule has 0 aliphatic rings. The van der Waals surface area contributed by atoms with Crippen molar-refractivity contribution in [3.63, 3.8) is 0 Å². The standard InChI is InChI=1S/C19H13F6N7O/c20-13-3-1-10(2-4-13)14(9-32-8-12(7-28-32)19(23,24)25)29-18-26-5-11(6-27-18)16-30-31-17(33-16)15(21)22/h1-8,14-15H,9H2,(H,26,27,29)/t14-/m0/s1. The molecule has 3 heterocycles. The van der Waals surface area contributed by atoms with Gasteiger partial charge in [-0.1, -0.05) is 12.1 Å². The van der Waals surface area contributed by atoms with Crippen molar-refractivity contribution >= 4 is 5.95 Å².